The molecule has 0 aromatic carbocycles. The molecule has 0 radical (unpaired) electrons. The Balaban J connectivity index is -0.00000128. The van der Waals surface area contributed by atoms with Gasteiger partial charge in [0.1, 0.15) is 0 Å². The van der Waals surface area contributed by atoms with Crippen LogP contribution in [-0.4, -0.2) is 12.1 Å². The Labute approximate surface area is 148 Å². The molecular weight excluding hydrogens is 598 g/mol. The van der Waals surface area contributed by atoms with Gasteiger partial charge in [-0.05, 0) is 10.8 Å². The number of rotatable bonds is 4. The number of nitrogens with zero attached hydrogens (tertiary/aromatic N) is 2. The molecule has 0 aliphatic carbocycles. The Morgan fingerprint density at radius 3 is 1.16 bits per heavy atom. The summed E-state index contributed by atoms with van der Waals surface area (Å²) in [7, 11) is 0. The molecule has 0 aromatic heterocycles. The van der Waals surface area contributed by atoms with Crippen molar-refractivity contribution in [3.8, 4) is 0 Å². The molecule has 0 saturated carbocycles. The summed E-state index contributed by atoms with van der Waals surface area (Å²) in [4.78, 5) is 7.40. The quantitative estimate of drug-likeness (QED) is 0.397. The average molecular weight is 625 g/mol. The molecule has 0 aliphatic heterocycles. The Kier molecular flexibility index (Phi) is 13.0. The fourth-order valence-electron chi connectivity index (χ4n) is 2.09. The first-order valence-corrected chi connectivity index (χ1v) is 6.30. The van der Waals surface area contributed by atoms with E-state index in [4.69, 9.17) is 13.1 Å². The first-order valence-electron chi connectivity index (χ1n) is 6.30. The van der Waals surface area contributed by atoms with Crippen molar-refractivity contribution in [2.45, 2.75) is 72.9 Å². The molecule has 0 fully saturated rings. The largest absolute Gasteiger partial charge is 0.313 e. The van der Waals surface area contributed by atoms with E-state index >= 15 is 0 Å². The van der Waals surface area contributed by atoms with Crippen LogP contribution in [0.3, 0.4) is 0 Å². The molecule has 19 heavy (non-hydrogen) atoms. The van der Waals surface area contributed by atoms with E-state index in [-0.39, 0.29) is 65.0 Å². The van der Waals surface area contributed by atoms with Gasteiger partial charge in [-0.1, -0.05) is 41.5 Å². The van der Waals surface area contributed by atoms with Crippen molar-refractivity contribution in [1.82, 2.24) is 0 Å². The van der Waals surface area contributed by atoms with E-state index in [0.29, 0.717) is 0 Å². The third kappa shape index (κ3) is 14.6. The van der Waals surface area contributed by atoms with Crippen molar-refractivity contribution in [3.63, 3.8) is 0 Å². The minimum Gasteiger partial charge on any atom is -0.313 e. The standard InChI is InChI=1S/C15H26N2.2Pt/c1-14(2,3)10-12(16-7)9-13(17-8)11-15(4,5)6;;/h12-13H,9-11H2,1-6H3;;. The van der Waals surface area contributed by atoms with E-state index in [0.717, 1.165) is 19.3 Å². The molecule has 116 valence electrons. The van der Waals surface area contributed by atoms with E-state index in [9.17, 15) is 0 Å². The topological polar surface area (TPSA) is 8.72 Å². The maximum absolute atomic E-state index is 7.26. The normalized spacial score (nSPS) is 14.1. The van der Waals surface area contributed by atoms with Crippen molar-refractivity contribution in [3.05, 3.63) is 22.8 Å². The monoisotopic (exact) mass is 624 g/mol. The predicted molar refractivity (Wildman–Crippen MR) is 73.5 cm³/mol. The fourth-order valence-corrected chi connectivity index (χ4v) is 2.09. The van der Waals surface area contributed by atoms with Gasteiger partial charge in [-0.3, -0.25) is 0 Å². The molecule has 2 nitrogen and oxygen atoms in total. The van der Waals surface area contributed by atoms with Crippen LogP contribution in [0.4, 0.5) is 0 Å². The van der Waals surface area contributed by atoms with Crippen molar-refractivity contribution < 1.29 is 42.1 Å². The molecule has 0 amide bonds. The van der Waals surface area contributed by atoms with Gasteiger partial charge in [0.15, 0.2) is 0 Å². The second-order valence-corrected chi connectivity index (χ2v) is 7.33. The average Bonchev–Trinajstić information content (AvgIpc) is 2.11. The fraction of sp³-hybridized carbons (Fsp3) is 0.867. The summed E-state index contributed by atoms with van der Waals surface area (Å²) in [5, 5.41) is 0. The minimum absolute atomic E-state index is 0. The smallest absolute Gasteiger partial charge is 0.231 e. The summed E-state index contributed by atoms with van der Waals surface area (Å²) in [5.74, 6) is 0. The van der Waals surface area contributed by atoms with E-state index in [2.05, 4.69) is 51.2 Å². The van der Waals surface area contributed by atoms with Gasteiger partial charge in [0.2, 0.25) is 12.1 Å². The van der Waals surface area contributed by atoms with Crippen LogP contribution in [0.5, 0.6) is 0 Å². The molecule has 0 aliphatic rings. The number of hydrogen-bond acceptors (Lipinski definition) is 0. The molecule has 0 bridgehead atoms. The van der Waals surface area contributed by atoms with Gasteiger partial charge in [0.25, 0.3) is 0 Å². The second kappa shape index (κ2) is 10.1. The van der Waals surface area contributed by atoms with Gasteiger partial charge < -0.3 is 9.69 Å². The summed E-state index contributed by atoms with van der Waals surface area (Å²) in [6.45, 7) is 27.5. The van der Waals surface area contributed by atoms with Crippen LogP contribution in [0, 0.1) is 24.0 Å². The number of hydrogen-bond donors (Lipinski definition) is 0. The van der Waals surface area contributed by atoms with Gasteiger partial charge in [0, 0.05) is 55.0 Å². The molecular formula is C15H26N2Pt2. The Hall–Kier alpha value is 0.357. The van der Waals surface area contributed by atoms with Crippen molar-refractivity contribution >= 4 is 0 Å². The second-order valence-electron chi connectivity index (χ2n) is 7.33. The van der Waals surface area contributed by atoms with Crippen LogP contribution in [0.25, 0.3) is 9.69 Å². The van der Waals surface area contributed by atoms with Crippen LogP contribution >= 0.6 is 0 Å². The molecule has 0 aromatic rings. The summed E-state index contributed by atoms with van der Waals surface area (Å²) < 4.78 is 0. The summed E-state index contributed by atoms with van der Waals surface area (Å²) in [6.07, 6.45) is 2.49. The molecule has 4 heteroatoms. The van der Waals surface area contributed by atoms with Crippen LogP contribution in [0.15, 0.2) is 0 Å². The van der Waals surface area contributed by atoms with E-state index in [1.165, 1.54) is 0 Å². The maximum Gasteiger partial charge on any atom is 0.231 e. The van der Waals surface area contributed by atoms with Gasteiger partial charge in [-0.25, -0.2) is 13.1 Å². The van der Waals surface area contributed by atoms with Crippen LogP contribution in [0.1, 0.15) is 60.8 Å². The maximum atomic E-state index is 7.26. The van der Waals surface area contributed by atoms with Crippen LogP contribution in [-0.2, 0) is 42.1 Å². The molecule has 2 unspecified atom stereocenters. The molecule has 0 N–H and O–H groups in total. The van der Waals surface area contributed by atoms with Crippen LogP contribution < -0.4 is 0 Å². The van der Waals surface area contributed by atoms with E-state index < -0.39 is 0 Å². The third-order valence-corrected chi connectivity index (χ3v) is 2.61. The first kappa shape index (κ1) is 24.4. The van der Waals surface area contributed by atoms with Gasteiger partial charge in [0.05, 0.1) is 6.42 Å². The molecule has 0 rings (SSSR count). The summed E-state index contributed by atoms with van der Waals surface area (Å²) in [5.41, 5.74) is 0.340. The predicted octanol–water partition coefficient (Wildman–Crippen LogP) is 4.82. The van der Waals surface area contributed by atoms with E-state index in [1.807, 2.05) is 0 Å². The van der Waals surface area contributed by atoms with Gasteiger partial charge in [-0.15, -0.1) is 0 Å². The van der Waals surface area contributed by atoms with Gasteiger partial charge in [-0.2, -0.15) is 0 Å². The van der Waals surface area contributed by atoms with Crippen molar-refractivity contribution in [2.75, 3.05) is 0 Å². The zero-order valence-corrected chi connectivity index (χ0v) is 17.3. The molecule has 2 atom stereocenters. The van der Waals surface area contributed by atoms with Crippen LogP contribution in [0.2, 0.25) is 0 Å². The zero-order chi connectivity index (χ0) is 13.7. The van der Waals surface area contributed by atoms with E-state index in [1.54, 1.807) is 0 Å². The third-order valence-electron chi connectivity index (χ3n) is 2.61. The zero-order valence-electron chi connectivity index (χ0n) is 12.8. The Bertz CT molecular complexity index is 281. The minimum atomic E-state index is -0.00329. The molecule has 0 saturated heterocycles. The summed E-state index contributed by atoms with van der Waals surface area (Å²) >= 11 is 0. The Morgan fingerprint density at radius 2 is 1.00 bits per heavy atom. The summed E-state index contributed by atoms with van der Waals surface area (Å²) in [6, 6.07) is -0.00657. The van der Waals surface area contributed by atoms with Crippen molar-refractivity contribution in [1.29, 1.82) is 0 Å². The van der Waals surface area contributed by atoms with Gasteiger partial charge >= 0.3 is 0 Å². The van der Waals surface area contributed by atoms with Crippen molar-refractivity contribution in [2.24, 2.45) is 10.8 Å². The molecule has 0 heterocycles. The SMILES string of the molecule is [C-]#[N+]C(CC(CC(C)(C)C)[N+]#[C-])CC(C)(C)C.[Pt].[Pt]. The Morgan fingerprint density at radius 1 is 0.737 bits per heavy atom. The molecule has 0 spiro atoms. The first-order chi connectivity index (χ1) is 7.57.